The van der Waals surface area contributed by atoms with Crippen molar-refractivity contribution in [2.24, 2.45) is 5.14 Å². The number of nitrogens with two attached hydrogens (primary N) is 2. The summed E-state index contributed by atoms with van der Waals surface area (Å²) in [5.41, 5.74) is 6.02. The summed E-state index contributed by atoms with van der Waals surface area (Å²) in [6.07, 6.45) is 0. The Kier molecular flexibility index (Phi) is 4.18. The van der Waals surface area contributed by atoms with E-state index in [0.717, 1.165) is 5.13 Å². The molecule has 2 aromatic rings. The van der Waals surface area contributed by atoms with E-state index in [1.54, 1.807) is 6.07 Å². The van der Waals surface area contributed by atoms with E-state index in [2.05, 4.69) is 10.2 Å². The summed E-state index contributed by atoms with van der Waals surface area (Å²) in [5, 5.41) is 13.9. The van der Waals surface area contributed by atoms with Crippen LogP contribution < -0.4 is 15.8 Å². The Labute approximate surface area is 125 Å². The van der Waals surface area contributed by atoms with Crippen LogP contribution in [0.4, 0.5) is 10.8 Å². The van der Waals surface area contributed by atoms with Gasteiger partial charge < -0.3 is 10.6 Å². The van der Waals surface area contributed by atoms with Crippen molar-refractivity contribution in [1.82, 2.24) is 10.2 Å². The molecule has 2 rings (SSSR count). The lowest BCUT2D eigenvalue weighted by Gasteiger charge is -2.05. The number of hydrogen-bond donors (Lipinski definition) is 2. The molecule has 0 aliphatic carbocycles. The van der Waals surface area contributed by atoms with E-state index in [1.807, 2.05) is 19.0 Å². The molecule has 1 aromatic heterocycles. The minimum Gasteiger partial charge on any atom is -0.399 e. The number of anilines is 2. The molecule has 0 saturated carbocycles. The van der Waals surface area contributed by atoms with E-state index in [1.165, 1.54) is 35.2 Å². The van der Waals surface area contributed by atoms with Gasteiger partial charge in [0.05, 0.1) is 4.90 Å². The molecular formula is C10H13N5O2S3. The lowest BCUT2D eigenvalue weighted by atomic mass is 10.3. The van der Waals surface area contributed by atoms with Crippen LogP contribution in [0, 0.1) is 0 Å². The Hall–Kier alpha value is -1.36. The smallest absolute Gasteiger partial charge is 0.238 e. The van der Waals surface area contributed by atoms with Gasteiger partial charge in [-0.2, -0.15) is 0 Å². The molecule has 0 radical (unpaired) electrons. The van der Waals surface area contributed by atoms with Gasteiger partial charge in [0.2, 0.25) is 15.2 Å². The van der Waals surface area contributed by atoms with Gasteiger partial charge in [-0.05, 0) is 18.2 Å². The SMILES string of the molecule is CN(C)c1nnc(Sc2cc(N)cc(S(N)(=O)=O)c2)s1. The highest BCUT2D eigenvalue weighted by molar-refractivity contribution is 8.01. The zero-order valence-corrected chi connectivity index (χ0v) is 13.2. The van der Waals surface area contributed by atoms with Crippen LogP contribution in [0.1, 0.15) is 0 Å². The van der Waals surface area contributed by atoms with Crippen molar-refractivity contribution < 1.29 is 8.42 Å². The van der Waals surface area contributed by atoms with E-state index in [-0.39, 0.29) is 4.90 Å². The summed E-state index contributed by atoms with van der Waals surface area (Å²) >= 11 is 2.69. The minimum atomic E-state index is -3.78. The Balaban J connectivity index is 2.31. The molecule has 0 bridgehead atoms. The Morgan fingerprint density at radius 2 is 1.95 bits per heavy atom. The highest BCUT2D eigenvalue weighted by atomic mass is 32.2. The normalized spacial score (nSPS) is 11.6. The molecule has 0 aliphatic rings. The van der Waals surface area contributed by atoms with Gasteiger partial charge in [-0.25, -0.2) is 13.6 Å². The molecule has 0 aliphatic heterocycles. The second-order valence-corrected chi connectivity index (χ2v) is 7.97. The second kappa shape index (κ2) is 5.56. The molecular weight excluding hydrogens is 318 g/mol. The van der Waals surface area contributed by atoms with Gasteiger partial charge in [-0.15, -0.1) is 10.2 Å². The van der Waals surface area contributed by atoms with Gasteiger partial charge in [-0.1, -0.05) is 23.1 Å². The molecule has 0 atom stereocenters. The van der Waals surface area contributed by atoms with Gasteiger partial charge in [0.1, 0.15) is 0 Å². The molecule has 7 nitrogen and oxygen atoms in total. The molecule has 10 heteroatoms. The van der Waals surface area contributed by atoms with E-state index < -0.39 is 10.0 Å². The Bertz CT molecular complexity index is 726. The molecule has 108 valence electrons. The maximum Gasteiger partial charge on any atom is 0.238 e. The standard InChI is InChI=1S/C10H13N5O2S3/c1-15(2)9-13-14-10(19-9)18-7-3-6(11)4-8(5-7)20(12,16)17/h3-5H,11H2,1-2H3,(H2,12,16,17). The molecule has 0 spiro atoms. The first-order valence-corrected chi connectivity index (χ1v) is 8.55. The summed E-state index contributed by atoms with van der Waals surface area (Å²) in [6, 6.07) is 4.45. The molecule has 4 N–H and O–H groups in total. The fraction of sp³-hybridized carbons (Fsp3) is 0.200. The van der Waals surface area contributed by atoms with Gasteiger partial charge in [-0.3, -0.25) is 0 Å². The number of benzene rings is 1. The van der Waals surface area contributed by atoms with E-state index in [4.69, 9.17) is 10.9 Å². The van der Waals surface area contributed by atoms with Crippen LogP contribution >= 0.6 is 23.1 Å². The molecule has 20 heavy (non-hydrogen) atoms. The van der Waals surface area contributed by atoms with Crippen molar-refractivity contribution >= 4 is 43.9 Å². The van der Waals surface area contributed by atoms with Crippen molar-refractivity contribution in [3.63, 3.8) is 0 Å². The van der Waals surface area contributed by atoms with Crippen LogP contribution in [0.25, 0.3) is 0 Å². The number of aromatic nitrogens is 2. The fourth-order valence-electron chi connectivity index (χ4n) is 1.34. The van der Waals surface area contributed by atoms with Crippen molar-refractivity contribution in [2.45, 2.75) is 14.1 Å². The third-order valence-electron chi connectivity index (χ3n) is 2.21. The predicted molar refractivity (Wildman–Crippen MR) is 80.6 cm³/mol. The number of nitrogens with zero attached hydrogens (tertiary/aromatic N) is 3. The van der Waals surface area contributed by atoms with E-state index >= 15 is 0 Å². The predicted octanol–water partition coefficient (Wildman–Crippen LogP) is 0.985. The van der Waals surface area contributed by atoms with Crippen molar-refractivity contribution in [3.05, 3.63) is 18.2 Å². The topological polar surface area (TPSA) is 115 Å². The lowest BCUT2D eigenvalue weighted by molar-refractivity contribution is 0.597. The maximum absolute atomic E-state index is 11.4. The maximum atomic E-state index is 11.4. The summed E-state index contributed by atoms with van der Waals surface area (Å²) < 4.78 is 23.4. The fourth-order valence-corrected chi connectivity index (χ4v) is 3.85. The first kappa shape index (κ1) is 15.0. The number of nitrogen functional groups attached to an aromatic ring is 1. The van der Waals surface area contributed by atoms with Gasteiger partial charge in [0.15, 0.2) is 4.34 Å². The number of sulfonamides is 1. The van der Waals surface area contributed by atoms with E-state index in [0.29, 0.717) is 14.9 Å². The van der Waals surface area contributed by atoms with Gasteiger partial charge in [0.25, 0.3) is 0 Å². The quantitative estimate of drug-likeness (QED) is 0.802. The minimum absolute atomic E-state index is 0.0163. The molecule has 1 heterocycles. The zero-order valence-electron chi connectivity index (χ0n) is 10.8. The Morgan fingerprint density at radius 3 is 2.50 bits per heavy atom. The summed E-state index contributed by atoms with van der Waals surface area (Å²) in [5.74, 6) is 0. The summed E-state index contributed by atoms with van der Waals surface area (Å²) in [7, 11) is -0.0433. The van der Waals surface area contributed by atoms with Crippen LogP contribution in [0.3, 0.4) is 0 Å². The molecule has 0 fully saturated rings. The third-order valence-corrected chi connectivity index (χ3v) is 5.22. The van der Waals surface area contributed by atoms with Crippen molar-refractivity contribution in [3.8, 4) is 0 Å². The van der Waals surface area contributed by atoms with Gasteiger partial charge in [0, 0.05) is 24.7 Å². The van der Waals surface area contributed by atoms with Crippen LogP contribution in [0.5, 0.6) is 0 Å². The number of rotatable bonds is 4. The van der Waals surface area contributed by atoms with Gasteiger partial charge >= 0.3 is 0 Å². The average Bonchev–Trinajstić information content (AvgIpc) is 2.75. The summed E-state index contributed by atoms with van der Waals surface area (Å²) in [4.78, 5) is 2.48. The first-order valence-electron chi connectivity index (χ1n) is 5.38. The zero-order chi connectivity index (χ0) is 14.9. The van der Waals surface area contributed by atoms with Crippen LogP contribution in [0.2, 0.25) is 0 Å². The monoisotopic (exact) mass is 331 g/mol. The molecule has 0 saturated heterocycles. The highest BCUT2D eigenvalue weighted by Gasteiger charge is 2.13. The van der Waals surface area contributed by atoms with Crippen LogP contribution in [-0.2, 0) is 10.0 Å². The largest absolute Gasteiger partial charge is 0.399 e. The number of hydrogen-bond acceptors (Lipinski definition) is 8. The molecule has 0 unspecified atom stereocenters. The molecule has 1 aromatic carbocycles. The lowest BCUT2D eigenvalue weighted by Crippen LogP contribution is -2.12. The average molecular weight is 331 g/mol. The first-order chi connectivity index (χ1) is 9.25. The molecule has 0 amide bonds. The van der Waals surface area contributed by atoms with Crippen molar-refractivity contribution in [1.29, 1.82) is 0 Å². The summed E-state index contributed by atoms with van der Waals surface area (Å²) in [6.45, 7) is 0. The van der Waals surface area contributed by atoms with Crippen LogP contribution in [-0.4, -0.2) is 32.7 Å². The number of primary sulfonamides is 1. The Morgan fingerprint density at radius 1 is 1.25 bits per heavy atom. The second-order valence-electron chi connectivity index (χ2n) is 4.13. The third kappa shape index (κ3) is 3.60. The van der Waals surface area contributed by atoms with Crippen LogP contribution in [0.15, 0.2) is 32.3 Å². The highest BCUT2D eigenvalue weighted by Crippen LogP contribution is 2.34. The van der Waals surface area contributed by atoms with Crippen molar-refractivity contribution in [2.75, 3.05) is 24.7 Å². The van der Waals surface area contributed by atoms with E-state index in [9.17, 15) is 8.42 Å².